The third kappa shape index (κ3) is 4.62. The van der Waals surface area contributed by atoms with Crippen molar-refractivity contribution < 1.29 is 9.31 Å². The van der Waals surface area contributed by atoms with Gasteiger partial charge in [-0.05, 0) is 69.1 Å². The zero-order chi connectivity index (χ0) is 25.6. The number of hydrogen-bond acceptors (Lipinski definition) is 5. The lowest BCUT2D eigenvalue weighted by molar-refractivity contribution is 0.00578. The molecule has 6 rings (SSSR count). The van der Waals surface area contributed by atoms with E-state index in [1.54, 1.807) is 0 Å². The van der Waals surface area contributed by atoms with Crippen LogP contribution < -0.4 is 15.3 Å². The molecule has 0 atom stereocenters. The highest BCUT2D eigenvalue weighted by Gasteiger charge is 2.51. The standard InChI is InChI=1S/C30H35BN4O2/c1-29(2)30(3,4)37-31(36-29)24-10-12-25(13-11-24)33-16-18-34(19-17-33)26-14-15-27-28(20-26)35(22-32-27)21-23-8-6-5-7-9-23/h5-15,20,22H,16-19,21H2,1-4H3. The van der Waals surface area contributed by atoms with E-state index in [9.17, 15) is 0 Å². The second kappa shape index (κ2) is 9.23. The van der Waals surface area contributed by atoms with Gasteiger partial charge in [-0.1, -0.05) is 42.5 Å². The summed E-state index contributed by atoms with van der Waals surface area (Å²) in [6.45, 7) is 13.1. The van der Waals surface area contributed by atoms with Crippen molar-refractivity contribution in [2.24, 2.45) is 0 Å². The molecule has 0 N–H and O–H groups in total. The van der Waals surface area contributed by atoms with E-state index in [1.807, 2.05) is 6.33 Å². The zero-order valence-electron chi connectivity index (χ0n) is 22.2. The molecule has 0 radical (unpaired) electrons. The molecular weight excluding hydrogens is 459 g/mol. The van der Waals surface area contributed by atoms with Gasteiger partial charge in [-0.15, -0.1) is 0 Å². The molecule has 190 valence electrons. The molecule has 0 bridgehead atoms. The second-order valence-corrected chi connectivity index (χ2v) is 11.2. The second-order valence-electron chi connectivity index (χ2n) is 11.2. The Balaban J connectivity index is 1.11. The highest BCUT2D eigenvalue weighted by atomic mass is 16.7. The van der Waals surface area contributed by atoms with Gasteiger partial charge in [-0.2, -0.15) is 0 Å². The number of piperazine rings is 1. The molecule has 0 unspecified atom stereocenters. The van der Waals surface area contributed by atoms with Gasteiger partial charge >= 0.3 is 7.12 Å². The summed E-state index contributed by atoms with van der Waals surface area (Å²) < 4.78 is 14.7. The van der Waals surface area contributed by atoms with Gasteiger partial charge in [0.1, 0.15) is 0 Å². The Bertz CT molecular complexity index is 1360. The summed E-state index contributed by atoms with van der Waals surface area (Å²) in [6, 6.07) is 25.9. The largest absolute Gasteiger partial charge is 0.494 e. The van der Waals surface area contributed by atoms with Crippen LogP contribution in [0.3, 0.4) is 0 Å². The van der Waals surface area contributed by atoms with Crippen molar-refractivity contribution in [1.82, 2.24) is 9.55 Å². The minimum absolute atomic E-state index is 0.318. The van der Waals surface area contributed by atoms with Gasteiger partial charge in [-0.25, -0.2) is 4.98 Å². The number of anilines is 2. The van der Waals surface area contributed by atoms with Crippen LogP contribution >= 0.6 is 0 Å². The summed E-state index contributed by atoms with van der Waals surface area (Å²) in [6.07, 6.45) is 1.95. The van der Waals surface area contributed by atoms with E-state index in [0.717, 1.165) is 43.7 Å². The van der Waals surface area contributed by atoms with Gasteiger partial charge < -0.3 is 23.7 Å². The topological polar surface area (TPSA) is 42.8 Å². The lowest BCUT2D eigenvalue weighted by Crippen LogP contribution is -2.46. The Morgan fingerprint density at radius 3 is 2.00 bits per heavy atom. The molecule has 0 saturated carbocycles. The SMILES string of the molecule is CC1(C)OB(c2ccc(N3CCN(c4ccc5ncn(Cc6ccccc6)c5c4)CC3)cc2)OC1(C)C. The van der Waals surface area contributed by atoms with Crippen molar-refractivity contribution in [3.63, 3.8) is 0 Å². The summed E-state index contributed by atoms with van der Waals surface area (Å²) in [7, 11) is -0.318. The van der Waals surface area contributed by atoms with Crippen LogP contribution in [-0.4, -0.2) is 54.1 Å². The fraction of sp³-hybridized carbons (Fsp3) is 0.367. The minimum Gasteiger partial charge on any atom is -0.399 e. The van der Waals surface area contributed by atoms with E-state index in [4.69, 9.17) is 9.31 Å². The summed E-state index contributed by atoms with van der Waals surface area (Å²) in [5, 5.41) is 0. The Hall–Kier alpha value is -3.29. The highest BCUT2D eigenvalue weighted by molar-refractivity contribution is 6.62. The molecule has 3 aromatic carbocycles. The van der Waals surface area contributed by atoms with Crippen LogP contribution in [0, 0.1) is 0 Å². The Labute approximate surface area is 220 Å². The first-order chi connectivity index (χ1) is 17.8. The van der Waals surface area contributed by atoms with Crippen LogP contribution in [0.15, 0.2) is 79.1 Å². The molecule has 3 heterocycles. The Morgan fingerprint density at radius 2 is 1.35 bits per heavy atom. The Morgan fingerprint density at radius 1 is 0.757 bits per heavy atom. The Kier molecular flexibility index (Phi) is 6.00. The minimum atomic E-state index is -0.324. The number of fused-ring (bicyclic) bond motifs is 1. The van der Waals surface area contributed by atoms with Gasteiger partial charge in [0.2, 0.25) is 0 Å². The van der Waals surface area contributed by atoms with E-state index in [1.165, 1.54) is 22.5 Å². The fourth-order valence-corrected chi connectivity index (χ4v) is 5.19. The van der Waals surface area contributed by atoms with E-state index in [-0.39, 0.29) is 18.3 Å². The van der Waals surface area contributed by atoms with Crippen molar-refractivity contribution in [3.05, 3.63) is 84.7 Å². The van der Waals surface area contributed by atoms with Crippen LogP contribution in [0.5, 0.6) is 0 Å². The molecule has 0 spiro atoms. The maximum absolute atomic E-state index is 6.22. The van der Waals surface area contributed by atoms with Gasteiger partial charge in [0, 0.05) is 44.1 Å². The van der Waals surface area contributed by atoms with Crippen molar-refractivity contribution in [1.29, 1.82) is 0 Å². The van der Waals surface area contributed by atoms with Crippen LogP contribution in [0.2, 0.25) is 0 Å². The van der Waals surface area contributed by atoms with E-state index in [2.05, 4.69) is 120 Å². The lowest BCUT2D eigenvalue weighted by Gasteiger charge is -2.37. The van der Waals surface area contributed by atoms with E-state index < -0.39 is 0 Å². The van der Waals surface area contributed by atoms with Crippen molar-refractivity contribution in [3.8, 4) is 0 Å². The quantitative estimate of drug-likeness (QED) is 0.376. The van der Waals surface area contributed by atoms with Crippen molar-refractivity contribution in [2.45, 2.75) is 45.4 Å². The van der Waals surface area contributed by atoms with Crippen LogP contribution in [0.4, 0.5) is 11.4 Å². The van der Waals surface area contributed by atoms with Crippen LogP contribution in [0.1, 0.15) is 33.3 Å². The van der Waals surface area contributed by atoms with Gasteiger partial charge in [0.05, 0.1) is 28.6 Å². The van der Waals surface area contributed by atoms with Crippen molar-refractivity contribution >= 4 is 35.0 Å². The summed E-state index contributed by atoms with van der Waals surface area (Å²) in [4.78, 5) is 9.56. The molecule has 0 amide bonds. The van der Waals surface area contributed by atoms with E-state index >= 15 is 0 Å². The summed E-state index contributed by atoms with van der Waals surface area (Å²) >= 11 is 0. The predicted molar refractivity (Wildman–Crippen MR) is 152 cm³/mol. The summed E-state index contributed by atoms with van der Waals surface area (Å²) in [5.41, 5.74) is 6.44. The summed E-state index contributed by atoms with van der Waals surface area (Å²) in [5.74, 6) is 0. The first kappa shape index (κ1) is 24.1. The number of aromatic nitrogens is 2. The van der Waals surface area contributed by atoms with Gasteiger partial charge in [0.15, 0.2) is 0 Å². The average Bonchev–Trinajstić information content (AvgIpc) is 3.40. The number of nitrogens with zero attached hydrogens (tertiary/aromatic N) is 4. The number of hydrogen-bond donors (Lipinski definition) is 0. The zero-order valence-corrected chi connectivity index (χ0v) is 22.2. The third-order valence-electron chi connectivity index (χ3n) is 8.23. The lowest BCUT2D eigenvalue weighted by atomic mass is 9.79. The number of imidazole rings is 1. The highest BCUT2D eigenvalue weighted by Crippen LogP contribution is 2.36. The molecule has 6 nitrogen and oxygen atoms in total. The van der Waals surface area contributed by atoms with Crippen LogP contribution in [0.25, 0.3) is 11.0 Å². The first-order valence-corrected chi connectivity index (χ1v) is 13.2. The number of benzene rings is 3. The molecule has 2 saturated heterocycles. The van der Waals surface area contributed by atoms with E-state index in [0.29, 0.717) is 0 Å². The molecule has 4 aromatic rings. The number of rotatable bonds is 5. The normalized spacial score (nSPS) is 19.1. The molecule has 2 fully saturated rings. The molecule has 0 aliphatic carbocycles. The third-order valence-corrected chi connectivity index (χ3v) is 8.23. The van der Waals surface area contributed by atoms with Crippen molar-refractivity contribution in [2.75, 3.05) is 36.0 Å². The molecular formula is C30H35BN4O2. The maximum atomic E-state index is 6.22. The van der Waals surface area contributed by atoms with Gasteiger partial charge in [-0.3, -0.25) is 0 Å². The average molecular weight is 494 g/mol. The van der Waals surface area contributed by atoms with Crippen LogP contribution in [-0.2, 0) is 15.9 Å². The molecule has 7 heteroatoms. The molecule has 1 aromatic heterocycles. The van der Waals surface area contributed by atoms with Gasteiger partial charge in [0.25, 0.3) is 0 Å². The predicted octanol–water partition coefficient (Wildman–Crippen LogP) is 4.71. The maximum Gasteiger partial charge on any atom is 0.494 e. The molecule has 2 aliphatic heterocycles. The monoisotopic (exact) mass is 494 g/mol. The molecule has 2 aliphatic rings. The first-order valence-electron chi connectivity index (χ1n) is 13.2. The molecule has 37 heavy (non-hydrogen) atoms. The fourth-order valence-electron chi connectivity index (χ4n) is 5.19. The smallest absolute Gasteiger partial charge is 0.399 e.